The summed E-state index contributed by atoms with van der Waals surface area (Å²) in [5, 5.41) is 19.9. The molecule has 0 fully saturated rings. The van der Waals surface area contributed by atoms with E-state index in [4.69, 9.17) is 23.8 Å². The lowest BCUT2D eigenvalue weighted by atomic mass is 10.0. The monoisotopic (exact) mass is 866 g/mol. The van der Waals surface area contributed by atoms with Crippen molar-refractivity contribution in [2.75, 3.05) is 26.4 Å². The average molecular weight is 867 g/mol. The number of esters is 2. The Morgan fingerprint density at radius 2 is 1.10 bits per heavy atom. The summed E-state index contributed by atoms with van der Waals surface area (Å²) in [5.74, 6) is -1.16. The number of aliphatic hydroxyl groups is 2. The molecule has 0 aliphatic carbocycles. The summed E-state index contributed by atoms with van der Waals surface area (Å²) in [7, 11) is -9.72. The van der Waals surface area contributed by atoms with Crippen LogP contribution in [0.2, 0.25) is 0 Å². The Balaban J connectivity index is 4.71. The Morgan fingerprint density at radius 1 is 0.569 bits per heavy atom. The van der Waals surface area contributed by atoms with Crippen molar-refractivity contribution in [2.45, 2.75) is 180 Å². The van der Waals surface area contributed by atoms with Gasteiger partial charge >= 0.3 is 27.6 Å². The normalized spacial score (nSPS) is 15.1. The zero-order valence-electron chi connectivity index (χ0n) is 35.2. The standard InChI is InChI=1S/C42H76O14P2/c1-3-5-7-9-11-13-14-15-16-18-20-24-28-32-41(45)52-36-40(37-55-58(50,51)54-35-39(44)34-53-57(47,48)49)56-42(46)33-29-25-21-23-27-31-38(43)30-26-22-19-17-12-10-8-6-4-2/h12,17,21-23,26-27,31,38-40,43-44H,3-11,13-16,18-20,24-25,28-30,32-37H2,1-2H3,(H,50,51)(H2,47,48,49)/b17-12-,23-21+,26-22-,31-27-/t38?,39-,40+/m0/s1. The average Bonchev–Trinajstić information content (AvgIpc) is 3.17. The van der Waals surface area contributed by atoms with E-state index in [1.54, 1.807) is 18.2 Å². The van der Waals surface area contributed by atoms with Gasteiger partial charge < -0.3 is 34.4 Å². The maximum absolute atomic E-state index is 12.6. The van der Waals surface area contributed by atoms with Crippen LogP contribution in [-0.2, 0) is 41.8 Å². The van der Waals surface area contributed by atoms with Gasteiger partial charge in [-0.05, 0) is 44.9 Å². The van der Waals surface area contributed by atoms with Crippen molar-refractivity contribution < 1.29 is 66.7 Å². The summed E-state index contributed by atoms with van der Waals surface area (Å²) in [5.41, 5.74) is 0. The second-order valence-corrected chi connectivity index (χ2v) is 17.2. The van der Waals surface area contributed by atoms with Gasteiger partial charge in [-0.25, -0.2) is 9.13 Å². The predicted octanol–water partition coefficient (Wildman–Crippen LogP) is 9.64. The van der Waals surface area contributed by atoms with E-state index in [0.29, 0.717) is 25.7 Å². The molecule has 0 spiro atoms. The van der Waals surface area contributed by atoms with Crippen LogP contribution in [0.1, 0.15) is 162 Å². The lowest BCUT2D eigenvalue weighted by molar-refractivity contribution is -0.161. The molecule has 16 heteroatoms. The number of carbonyl (C=O) groups is 2. The van der Waals surface area contributed by atoms with E-state index in [1.807, 2.05) is 18.2 Å². The van der Waals surface area contributed by atoms with E-state index < -0.39 is 72.3 Å². The topological polar surface area (TPSA) is 216 Å². The van der Waals surface area contributed by atoms with Crippen molar-refractivity contribution >= 4 is 27.6 Å². The second-order valence-electron chi connectivity index (χ2n) is 14.5. The lowest BCUT2D eigenvalue weighted by Crippen LogP contribution is -2.29. The van der Waals surface area contributed by atoms with Crippen LogP contribution in [0.3, 0.4) is 0 Å². The Labute approximate surface area is 348 Å². The largest absolute Gasteiger partial charge is 0.472 e. The van der Waals surface area contributed by atoms with Gasteiger partial charge in [-0.2, -0.15) is 0 Å². The van der Waals surface area contributed by atoms with Crippen LogP contribution in [0.4, 0.5) is 0 Å². The molecule has 58 heavy (non-hydrogen) atoms. The molecule has 0 aliphatic heterocycles. The molecular weight excluding hydrogens is 790 g/mol. The highest BCUT2D eigenvalue weighted by atomic mass is 31.2. The van der Waals surface area contributed by atoms with E-state index in [1.165, 1.54) is 77.0 Å². The highest BCUT2D eigenvalue weighted by molar-refractivity contribution is 7.47. The number of aliphatic hydroxyl groups excluding tert-OH is 2. The molecule has 338 valence electrons. The van der Waals surface area contributed by atoms with E-state index in [0.717, 1.165) is 32.1 Å². The second kappa shape index (κ2) is 38.0. The van der Waals surface area contributed by atoms with Crippen molar-refractivity contribution in [3.63, 3.8) is 0 Å². The molecule has 0 bridgehead atoms. The molecule has 0 saturated heterocycles. The highest BCUT2D eigenvalue weighted by Crippen LogP contribution is 2.43. The van der Waals surface area contributed by atoms with Crippen LogP contribution in [-0.4, -0.2) is 81.6 Å². The summed E-state index contributed by atoms with van der Waals surface area (Å²) >= 11 is 0. The molecule has 2 unspecified atom stereocenters. The molecule has 0 aliphatic rings. The zero-order valence-corrected chi connectivity index (χ0v) is 37.0. The zero-order chi connectivity index (χ0) is 43.2. The van der Waals surface area contributed by atoms with Gasteiger partial charge in [0.15, 0.2) is 6.10 Å². The molecule has 4 atom stereocenters. The number of ether oxygens (including phenoxy) is 2. The van der Waals surface area contributed by atoms with Gasteiger partial charge in [0.2, 0.25) is 0 Å². The number of phosphoric acid groups is 2. The molecule has 0 aromatic carbocycles. The molecule has 14 nitrogen and oxygen atoms in total. The summed E-state index contributed by atoms with van der Waals surface area (Å²) in [6, 6.07) is 0. The number of carbonyl (C=O) groups excluding carboxylic acids is 2. The molecule has 0 aromatic heterocycles. The van der Waals surface area contributed by atoms with E-state index in [9.17, 15) is 33.8 Å². The third kappa shape index (κ3) is 40.8. The maximum atomic E-state index is 12.6. The van der Waals surface area contributed by atoms with Gasteiger partial charge in [-0.1, -0.05) is 152 Å². The first-order valence-corrected chi connectivity index (χ1v) is 24.5. The van der Waals surface area contributed by atoms with Gasteiger partial charge in [0, 0.05) is 12.8 Å². The van der Waals surface area contributed by atoms with E-state index >= 15 is 0 Å². The minimum atomic E-state index is -4.88. The number of rotatable bonds is 40. The lowest BCUT2D eigenvalue weighted by Gasteiger charge is -2.20. The summed E-state index contributed by atoms with van der Waals surface area (Å²) in [6.45, 7) is 1.56. The van der Waals surface area contributed by atoms with Crippen molar-refractivity contribution in [1.29, 1.82) is 0 Å². The quantitative estimate of drug-likeness (QED) is 0.0127. The first kappa shape index (κ1) is 56.0. The maximum Gasteiger partial charge on any atom is 0.472 e. The molecule has 5 N–H and O–H groups in total. The first-order valence-electron chi connectivity index (χ1n) is 21.4. The number of unbranched alkanes of at least 4 members (excludes halogenated alkanes) is 16. The Hall–Kier alpha value is -1.96. The molecule has 0 heterocycles. The summed E-state index contributed by atoms with van der Waals surface area (Å²) in [6.07, 6.45) is 34.2. The van der Waals surface area contributed by atoms with Crippen LogP contribution >= 0.6 is 15.6 Å². The van der Waals surface area contributed by atoms with Crippen molar-refractivity contribution in [3.05, 3.63) is 48.6 Å². The fourth-order valence-electron chi connectivity index (χ4n) is 5.48. The summed E-state index contributed by atoms with van der Waals surface area (Å²) in [4.78, 5) is 52.6. The van der Waals surface area contributed by atoms with Crippen LogP contribution in [0.5, 0.6) is 0 Å². The van der Waals surface area contributed by atoms with Gasteiger partial charge in [0.25, 0.3) is 0 Å². The smallest absolute Gasteiger partial charge is 0.462 e. The van der Waals surface area contributed by atoms with E-state index in [-0.39, 0.29) is 12.8 Å². The van der Waals surface area contributed by atoms with E-state index in [2.05, 4.69) is 35.0 Å². The van der Waals surface area contributed by atoms with Crippen LogP contribution in [0.15, 0.2) is 48.6 Å². The van der Waals surface area contributed by atoms with Crippen molar-refractivity contribution in [3.8, 4) is 0 Å². The van der Waals surface area contributed by atoms with Crippen LogP contribution in [0.25, 0.3) is 0 Å². The Morgan fingerprint density at radius 3 is 1.74 bits per heavy atom. The molecule has 0 amide bonds. The highest BCUT2D eigenvalue weighted by Gasteiger charge is 2.28. The van der Waals surface area contributed by atoms with Gasteiger partial charge in [-0.3, -0.25) is 23.2 Å². The Bertz CT molecular complexity index is 1230. The number of hydrogen-bond acceptors (Lipinski definition) is 11. The minimum absolute atomic E-state index is 0.00300. The van der Waals surface area contributed by atoms with Gasteiger partial charge in [-0.15, -0.1) is 0 Å². The minimum Gasteiger partial charge on any atom is -0.462 e. The number of allylic oxidation sites excluding steroid dienone is 6. The van der Waals surface area contributed by atoms with Gasteiger partial charge in [0.05, 0.1) is 25.9 Å². The first-order chi connectivity index (χ1) is 27.8. The van der Waals surface area contributed by atoms with Crippen LogP contribution in [0, 0.1) is 0 Å². The fraction of sp³-hybridized carbons (Fsp3) is 0.762. The third-order valence-corrected chi connectivity index (χ3v) is 10.2. The number of phosphoric ester groups is 2. The van der Waals surface area contributed by atoms with Crippen LogP contribution < -0.4 is 0 Å². The van der Waals surface area contributed by atoms with Gasteiger partial charge in [0.1, 0.15) is 12.7 Å². The van der Waals surface area contributed by atoms with Crippen molar-refractivity contribution in [2.24, 2.45) is 0 Å². The molecule has 0 radical (unpaired) electrons. The molecule has 0 saturated carbocycles. The SMILES string of the molecule is CCCCC/C=C\C/C=C\CC(O)/C=C\C=C\CCCC(=O)O[C@H](COC(=O)CCCCCCCCCCCCCCC)COP(=O)(O)OC[C@@H](O)COP(=O)(O)O. The molecule has 0 aromatic rings. The molecular formula is C42H76O14P2. The van der Waals surface area contributed by atoms with Crippen molar-refractivity contribution in [1.82, 2.24) is 0 Å². The number of hydrogen-bond donors (Lipinski definition) is 5. The Kier molecular flexibility index (Phi) is 36.7. The fourth-order valence-corrected chi connectivity index (χ4v) is 6.63. The summed E-state index contributed by atoms with van der Waals surface area (Å²) < 4.78 is 47.6. The molecule has 0 rings (SSSR count). The predicted molar refractivity (Wildman–Crippen MR) is 227 cm³/mol. The third-order valence-electron chi connectivity index (χ3n) is 8.79.